The lowest BCUT2D eigenvalue weighted by atomic mass is 9.69. The van der Waals surface area contributed by atoms with Crippen LogP contribution in [0.25, 0.3) is 0 Å². The summed E-state index contributed by atoms with van der Waals surface area (Å²) in [6.07, 6.45) is 12.9. The summed E-state index contributed by atoms with van der Waals surface area (Å²) < 4.78 is 0. The van der Waals surface area contributed by atoms with Gasteiger partial charge in [-0.1, -0.05) is 25.7 Å². The van der Waals surface area contributed by atoms with Crippen molar-refractivity contribution in [2.75, 3.05) is 19.6 Å². The quantitative estimate of drug-likeness (QED) is 0.790. The predicted octanol–water partition coefficient (Wildman–Crippen LogP) is 2.70. The highest BCUT2D eigenvalue weighted by atomic mass is 16.2. The third kappa shape index (κ3) is 2.96. The van der Waals surface area contributed by atoms with E-state index < -0.39 is 0 Å². The molecule has 0 aromatic rings. The van der Waals surface area contributed by atoms with E-state index in [4.69, 9.17) is 0 Å². The Hall–Kier alpha value is -0.570. The van der Waals surface area contributed by atoms with E-state index >= 15 is 0 Å². The Labute approximate surface area is 117 Å². The summed E-state index contributed by atoms with van der Waals surface area (Å²) >= 11 is 0. The van der Waals surface area contributed by atoms with E-state index in [-0.39, 0.29) is 6.04 Å². The van der Waals surface area contributed by atoms with Crippen LogP contribution in [0.4, 0.5) is 0 Å². The fourth-order valence-electron chi connectivity index (χ4n) is 4.39. The molecule has 1 aliphatic carbocycles. The van der Waals surface area contributed by atoms with E-state index in [0.717, 1.165) is 26.1 Å². The Morgan fingerprint density at radius 3 is 2.53 bits per heavy atom. The van der Waals surface area contributed by atoms with Gasteiger partial charge in [-0.25, -0.2) is 0 Å². The lowest BCUT2D eigenvalue weighted by molar-refractivity contribution is -0.138. The molecule has 0 radical (unpaired) electrons. The zero-order valence-corrected chi connectivity index (χ0v) is 12.1. The lowest BCUT2D eigenvalue weighted by Gasteiger charge is -2.46. The summed E-state index contributed by atoms with van der Waals surface area (Å²) in [5.74, 6) is 0.393. The molecule has 2 saturated heterocycles. The lowest BCUT2D eigenvalue weighted by Crippen LogP contribution is -2.54. The van der Waals surface area contributed by atoms with Crippen molar-refractivity contribution in [3.63, 3.8) is 0 Å². The van der Waals surface area contributed by atoms with Crippen LogP contribution in [0.5, 0.6) is 0 Å². The smallest absolute Gasteiger partial charge is 0.239 e. The third-order valence-corrected chi connectivity index (χ3v) is 5.50. The number of nitrogens with zero attached hydrogens (tertiary/aromatic N) is 1. The molecule has 19 heavy (non-hydrogen) atoms. The Morgan fingerprint density at radius 2 is 1.79 bits per heavy atom. The third-order valence-electron chi connectivity index (χ3n) is 5.50. The van der Waals surface area contributed by atoms with Crippen LogP contribution < -0.4 is 5.32 Å². The molecular formula is C16H28N2O. The number of rotatable bonds is 1. The van der Waals surface area contributed by atoms with Gasteiger partial charge >= 0.3 is 0 Å². The van der Waals surface area contributed by atoms with E-state index in [1.165, 1.54) is 57.8 Å². The molecule has 3 nitrogen and oxygen atoms in total. The van der Waals surface area contributed by atoms with Crippen molar-refractivity contribution in [3.05, 3.63) is 0 Å². The van der Waals surface area contributed by atoms with Crippen molar-refractivity contribution in [1.82, 2.24) is 10.2 Å². The number of hydrogen-bond acceptors (Lipinski definition) is 2. The normalized spacial score (nSPS) is 31.4. The Morgan fingerprint density at radius 1 is 1.00 bits per heavy atom. The van der Waals surface area contributed by atoms with Crippen molar-refractivity contribution in [2.45, 2.75) is 70.3 Å². The summed E-state index contributed by atoms with van der Waals surface area (Å²) in [5.41, 5.74) is 0.487. The average molecular weight is 264 g/mol. The van der Waals surface area contributed by atoms with Crippen LogP contribution in [0, 0.1) is 5.41 Å². The summed E-state index contributed by atoms with van der Waals surface area (Å²) in [5, 5.41) is 3.42. The van der Waals surface area contributed by atoms with Gasteiger partial charge in [-0.05, 0) is 50.5 Å². The number of piperidine rings is 2. The van der Waals surface area contributed by atoms with Crippen LogP contribution in [0.2, 0.25) is 0 Å². The van der Waals surface area contributed by atoms with Crippen LogP contribution >= 0.6 is 0 Å². The second-order valence-electron chi connectivity index (χ2n) is 6.93. The van der Waals surface area contributed by atoms with Gasteiger partial charge in [0.2, 0.25) is 5.91 Å². The topological polar surface area (TPSA) is 32.3 Å². The van der Waals surface area contributed by atoms with Gasteiger partial charge in [-0.3, -0.25) is 4.79 Å². The molecule has 0 aromatic heterocycles. The minimum atomic E-state index is 0.118. The summed E-state index contributed by atoms with van der Waals surface area (Å²) in [4.78, 5) is 14.8. The number of amides is 1. The molecule has 2 heterocycles. The first kappa shape index (κ1) is 13.4. The molecule has 3 aliphatic rings. The van der Waals surface area contributed by atoms with E-state index in [0.29, 0.717) is 11.3 Å². The van der Waals surface area contributed by atoms with Crippen molar-refractivity contribution < 1.29 is 4.79 Å². The van der Waals surface area contributed by atoms with Gasteiger partial charge in [0.25, 0.3) is 0 Å². The molecule has 1 atom stereocenters. The molecular weight excluding hydrogens is 236 g/mol. The highest BCUT2D eigenvalue weighted by Crippen LogP contribution is 2.43. The standard InChI is InChI=1S/C16H28N2O/c19-15(14-7-2-5-11-17-14)18-12-6-10-16(13-18)8-3-1-4-9-16/h14,17H,1-13H2. The second kappa shape index (κ2) is 5.82. The monoisotopic (exact) mass is 264 g/mol. The molecule has 0 aromatic carbocycles. The van der Waals surface area contributed by atoms with Crippen molar-refractivity contribution in [1.29, 1.82) is 0 Å². The first-order valence-corrected chi connectivity index (χ1v) is 8.31. The summed E-state index contributed by atoms with van der Waals surface area (Å²) in [6.45, 7) is 3.07. The maximum Gasteiger partial charge on any atom is 0.239 e. The molecule has 1 saturated carbocycles. The minimum Gasteiger partial charge on any atom is -0.341 e. The Kier molecular flexibility index (Phi) is 4.11. The summed E-state index contributed by atoms with van der Waals surface area (Å²) in [7, 11) is 0. The van der Waals surface area contributed by atoms with Gasteiger partial charge < -0.3 is 10.2 Å². The molecule has 3 heteroatoms. The Bertz CT molecular complexity index is 311. The average Bonchev–Trinajstić information content (AvgIpc) is 2.48. The first-order chi connectivity index (χ1) is 9.29. The largest absolute Gasteiger partial charge is 0.341 e. The van der Waals surface area contributed by atoms with Crippen molar-refractivity contribution >= 4 is 5.91 Å². The SMILES string of the molecule is O=C(C1CCCCN1)N1CCCC2(CCCCC2)C1. The van der Waals surface area contributed by atoms with Crippen LogP contribution in [0.3, 0.4) is 0 Å². The van der Waals surface area contributed by atoms with Gasteiger partial charge in [-0.15, -0.1) is 0 Å². The first-order valence-electron chi connectivity index (χ1n) is 8.31. The maximum atomic E-state index is 12.6. The van der Waals surface area contributed by atoms with Gasteiger partial charge in [0.05, 0.1) is 6.04 Å². The fourth-order valence-corrected chi connectivity index (χ4v) is 4.39. The number of carbonyl (C=O) groups excluding carboxylic acids is 1. The number of carbonyl (C=O) groups is 1. The molecule has 1 N–H and O–H groups in total. The number of hydrogen-bond donors (Lipinski definition) is 1. The van der Waals surface area contributed by atoms with E-state index in [2.05, 4.69) is 10.2 Å². The summed E-state index contributed by atoms with van der Waals surface area (Å²) in [6, 6.07) is 0.118. The molecule has 2 aliphatic heterocycles. The van der Waals surface area contributed by atoms with Gasteiger partial charge in [0.1, 0.15) is 0 Å². The molecule has 1 unspecified atom stereocenters. The zero-order valence-electron chi connectivity index (χ0n) is 12.1. The van der Waals surface area contributed by atoms with Gasteiger partial charge in [0.15, 0.2) is 0 Å². The molecule has 0 bridgehead atoms. The molecule has 108 valence electrons. The van der Waals surface area contributed by atoms with E-state index in [9.17, 15) is 4.79 Å². The van der Waals surface area contributed by atoms with Gasteiger partial charge in [-0.2, -0.15) is 0 Å². The highest BCUT2D eigenvalue weighted by molar-refractivity contribution is 5.82. The fraction of sp³-hybridized carbons (Fsp3) is 0.938. The highest BCUT2D eigenvalue weighted by Gasteiger charge is 2.39. The van der Waals surface area contributed by atoms with Crippen LogP contribution in [-0.2, 0) is 4.79 Å². The zero-order chi connectivity index (χ0) is 13.1. The van der Waals surface area contributed by atoms with E-state index in [1.54, 1.807) is 0 Å². The number of nitrogens with one attached hydrogen (secondary N) is 1. The van der Waals surface area contributed by atoms with Gasteiger partial charge in [0, 0.05) is 13.1 Å². The molecule has 1 amide bonds. The Balaban J connectivity index is 1.62. The minimum absolute atomic E-state index is 0.118. The van der Waals surface area contributed by atoms with E-state index in [1.807, 2.05) is 0 Å². The molecule has 3 fully saturated rings. The maximum absolute atomic E-state index is 12.6. The van der Waals surface area contributed by atoms with Crippen molar-refractivity contribution in [3.8, 4) is 0 Å². The molecule has 1 spiro atoms. The van der Waals surface area contributed by atoms with Crippen molar-refractivity contribution in [2.24, 2.45) is 5.41 Å². The molecule has 3 rings (SSSR count). The van der Waals surface area contributed by atoms with Crippen LogP contribution in [-0.4, -0.2) is 36.5 Å². The second-order valence-corrected chi connectivity index (χ2v) is 6.93. The van der Waals surface area contributed by atoms with Crippen LogP contribution in [0.15, 0.2) is 0 Å². The number of likely N-dealkylation sites (tertiary alicyclic amines) is 1. The predicted molar refractivity (Wildman–Crippen MR) is 77.0 cm³/mol. The van der Waals surface area contributed by atoms with Crippen LogP contribution in [0.1, 0.15) is 64.2 Å².